The number of anilines is 1. The van der Waals surface area contributed by atoms with Gasteiger partial charge < -0.3 is 10.3 Å². The van der Waals surface area contributed by atoms with Crippen LogP contribution in [0, 0.1) is 12.7 Å². The van der Waals surface area contributed by atoms with Crippen LogP contribution in [0.3, 0.4) is 0 Å². The van der Waals surface area contributed by atoms with Crippen molar-refractivity contribution in [1.29, 1.82) is 0 Å². The molecule has 0 spiro atoms. The van der Waals surface area contributed by atoms with Crippen molar-refractivity contribution in [2.24, 2.45) is 0 Å². The quantitative estimate of drug-likeness (QED) is 0.762. The van der Waals surface area contributed by atoms with Crippen LogP contribution in [0.2, 0.25) is 0 Å². The molecule has 0 radical (unpaired) electrons. The molecule has 0 saturated heterocycles. The molecule has 1 heterocycles. The number of halogens is 1. The van der Waals surface area contributed by atoms with Crippen LogP contribution in [0.4, 0.5) is 10.1 Å². The summed E-state index contributed by atoms with van der Waals surface area (Å²) in [4.78, 5) is 27.4. The number of aryl methyl sites for hydroxylation is 1. The van der Waals surface area contributed by atoms with E-state index >= 15 is 0 Å². The van der Waals surface area contributed by atoms with Gasteiger partial charge in [0.1, 0.15) is 11.4 Å². The summed E-state index contributed by atoms with van der Waals surface area (Å²) in [6.45, 7) is 1.94. The van der Waals surface area contributed by atoms with Crippen molar-refractivity contribution in [3.05, 3.63) is 75.8 Å². The van der Waals surface area contributed by atoms with Gasteiger partial charge in [0.25, 0.3) is 5.91 Å². The van der Waals surface area contributed by atoms with E-state index in [2.05, 4.69) is 10.3 Å². The van der Waals surface area contributed by atoms with Crippen molar-refractivity contribution < 1.29 is 9.18 Å². The molecule has 0 fully saturated rings. The normalized spacial score (nSPS) is 10.6. The smallest absolute Gasteiger partial charge is 0.261 e. The summed E-state index contributed by atoms with van der Waals surface area (Å²) < 4.78 is 13.3. The van der Waals surface area contributed by atoms with Crippen LogP contribution in [-0.2, 0) is 0 Å². The van der Waals surface area contributed by atoms with Crippen LogP contribution in [0.15, 0.2) is 53.5 Å². The minimum atomic E-state index is -0.531. The lowest BCUT2D eigenvalue weighted by Crippen LogP contribution is -2.22. The van der Waals surface area contributed by atoms with Crippen molar-refractivity contribution in [2.75, 3.05) is 5.32 Å². The zero-order chi connectivity index (χ0) is 15.7. The molecular formula is C17H13FN2O2. The highest BCUT2D eigenvalue weighted by molar-refractivity contribution is 6.05. The number of pyridine rings is 1. The number of hydrogen-bond acceptors (Lipinski definition) is 2. The molecule has 3 rings (SSSR count). The van der Waals surface area contributed by atoms with Crippen LogP contribution in [0.1, 0.15) is 15.9 Å². The molecule has 0 aliphatic rings. The summed E-state index contributed by atoms with van der Waals surface area (Å²) in [5.41, 5.74) is 1.58. The molecule has 1 aromatic heterocycles. The van der Waals surface area contributed by atoms with E-state index in [-0.39, 0.29) is 10.9 Å². The Morgan fingerprint density at radius 2 is 1.86 bits per heavy atom. The van der Waals surface area contributed by atoms with E-state index in [0.29, 0.717) is 11.2 Å². The third-order valence-corrected chi connectivity index (χ3v) is 3.40. The third-order valence-electron chi connectivity index (χ3n) is 3.40. The van der Waals surface area contributed by atoms with Crippen LogP contribution < -0.4 is 10.7 Å². The minimum Gasteiger partial charge on any atom is -0.360 e. The largest absolute Gasteiger partial charge is 0.360 e. The van der Waals surface area contributed by atoms with Gasteiger partial charge in [0.15, 0.2) is 0 Å². The first-order valence-corrected chi connectivity index (χ1v) is 6.73. The molecule has 0 unspecified atom stereocenters. The van der Waals surface area contributed by atoms with Crippen LogP contribution in [0.25, 0.3) is 10.9 Å². The van der Waals surface area contributed by atoms with Gasteiger partial charge in [-0.3, -0.25) is 9.59 Å². The SMILES string of the molecule is Cc1ccc(NC(=O)c2c[nH]c3ccc(F)cc3c2=O)cc1. The minimum absolute atomic E-state index is 0.0568. The highest BCUT2D eigenvalue weighted by atomic mass is 19.1. The van der Waals surface area contributed by atoms with E-state index in [1.54, 1.807) is 12.1 Å². The molecule has 0 aliphatic heterocycles. The maximum Gasteiger partial charge on any atom is 0.261 e. The van der Waals surface area contributed by atoms with Gasteiger partial charge in [-0.15, -0.1) is 0 Å². The van der Waals surface area contributed by atoms with Gasteiger partial charge in [0.2, 0.25) is 5.43 Å². The molecule has 2 aromatic carbocycles. The third kappa shape index (κ3) is 2.61. The Morgan fingerprint density at radius 1 is 1.14 bits per heavy atom. The Morgan fingerprint density at radius 3 is 2.59 bits per heavy atom. The molecule has 5 heteroatoms. The second-order valence-electron chi connectivity index (χ2n) is 5.04. The zero-order valence-corrected chi connectivity index (χ0v) is 11.8. The average molecular weight is 296 g/mol. The number of nitrogens with one attached hydrogen (secondary N) is 2. The fourth-order valence-electron chi connectivity index (χ4n) is 2.19. The maximum atomic E-state index is 13.3. The Hall–Kier alpha value is -2.95. The topological polar surface area (TPSA) is 62.0 Å². The van der Waals surface area contributed by atoms with Gasteiger partial charge in [-0.2, -0.15) is 0 Å². The van der Waals surface area contributed by atoms with Crippen LogP contribution >= 0.6 is 0 Å². The molecule has 1 amide bonds. The first-order valence-electron chi connectivity index (χ1n) is 6.73. The van der Waals surface area contributed by atoms with Gasteiger partial charge in [-0.25, -0.2) is 4.39 Å². The van der Waals surface area contributed by atoms with E-state index < -0.39 is 17.2 Å². The van der Waals surface area contributed by atoms with Gasteiger partial charge >= 0.3 is 0 Å². The van der Waals surface area contributed by atoms with Gasteiger partial charge in [-0.1, -0.05) is 17.7 Å². The predicted octanol–water partition coefficient (Wildman–Crippen LogP) is 3.23. The molecule has 4 nitrogen and oxygen atoms in total. The number of rotatable bonds is 2. The molecule has 22 heavy (non-hydrogen) atoms. The number of aromatic amines is 1. The molecule has 110 valence electrons. The maximum absolute atomic E-state index is 13.3. The second kappa shape index (κ2) is 5.44. The summed E-state index contributed by atoms with van der Waals surface area (Å²) in [5.74, 6) is -1.05. The first-order chi connectivity index (χ1) is 10.5. The van der Waals surface area contributed by atoms with Crippen LogP contribution in [-0.4, -0.2) is 10.9 Å². The number of hydrogen-bond donors (Lipinski definition) is 2. The van der Waals surface area contributed by atoms with Crippen molar-refractivity contribution >= 4 is 22.5 Å². The fraction of sp³-hybridized carbons (Fsp3) is 0.0588. The second-order valence-corrected chi connectivity index (χ2v) is 5.04. The Labute approximate surface area is 125 Å². The van der Waals surface area contributed by atoms with Crippen molar-refractivity contribution in [2.45, 2.75) is 6.92 Å². The lowest BCUT2D eigenvalue weighted by atomic mass is 10.1. The lowest BCUT2D eigenvalue weighted by molar-refractivity contribution is 0.102. The average Bonchev–Trinajstić information content (AvgIpc) is 2.50. The summed E-state index contributed by atoms with van der Waals surface area (Å²) in [5, 5.41) is 2.80. The molecule has 0 aliphatic carbocycles. The number of aromatic nitrogens is 1. The summed E-state index contributed by atoms with van der Waals surface area (Å²) in [6, 6.07) is 11.1. The number of carbonyl (C=O) groups is 1. The molecule has 0 saturated carbocycles. The van der Waals surface area contributed by atoms with Gasteiger partial charge in [0.05, 0.1) is 0 Å². The highest BCUT2D eigenvalue weighted by Crippen LogP contribution is 2.12. The Kier molecular flexibility index (Phi) is 3.47. The van der Waals surface area contributed by atoms with Crippen molar-refractivity contribution in [3.63, 3.8) is 0 Å². The monoisotopic (exact) mass is 296 g/mol. The van der Waals surface area contributed by atoms with Crippen molar-refractivity contribution in [3.8, 4) is 0 Å². The van der Waals surface area contributed by atoms with Crippen LogP contribution in [0.5, 0.6) is 0 Å². The molecule has 2 N–H and O–H groups in total. The summed E-state index contributed by atoms with van der Waals surface area (Å²) >= 11 is 0. The Balaban J connectivity index is 1.99. The number of H-pyrrole nitrogens is 1. The zero-order valence-electron chi connectivity index (χ0n) is 11.8. The van der Waals surface area contributed by atoms with Crippen molar-refractivity contribution in [1.82, 2.24) is 4.98 Å². The molecular weight excluding hydrogens is 283 g/mol. The number of amides is 1. The van der Waals surface area contributed by atoms with E-state index in [4.69, 9.17) is 0 Å². The molecule has 0 atom stereocenters. The number of fused-ring (bicyclic) bond motifs is 1. The van der Waals surface area contributed by atoms with E-state index in [1.165, 1.54) is 18.3 Å². The summed E-state index contributed by atoms with van der Waals surface area (Å²) in [6.07, 6.45) is 1.34. The van der Waals surface area contributed by atoms with E-state index in [9.17, 15) is 14.0 Å². The standard InChI is InChI=1S/C17H13FN2O2/c1-10-2-5-12(6-3-10)20-17(22)14-9-19-15-7-4-11(18)8-13(15)16(14)21/h2-9H,1H3,(H,19,21)(H,20,22). The number of benzene rings is 2. The van der Waals surface area contributed by atoms with Gasteiger partial charge in [0, 0.05) is 22.8 Å². The van der Waals surface area contributed by atoms with E-state index in [1.807, 2.05) is 19.1 Å². The number of carbonyl (C=O) groups excluding carboxylic acids is 1. The van der Waals surface area contributed by atoms with Gasteiger partial charge in [-0.05, 0) is 37.3 Å². The molecule has 3 aromatic rings. The lowest BCUT2D eigenvalue weighted by Gasteiger charge is -2.06. The Bertz CT molecular complexity index is 914. The molecule has 0 bridgehead atoms. The first kappa shape index (κ1) is 14.0. The highest BCUT2D eigenvalue weighted by Gasteiger charge is 2.13. The predicted molar refractivity (Wildman–Crippen MR) is 83.7 cm³/mol. The summed E-state index contributed by atoms with van der Waals surface area (Å²) in [7, 11) is 0. The fourth-order valence-corrected chi connectivity index (χ4v) is 2.19. The van der Waals surface area contributed by atoms with E-state index in [0.717, 1.165) is 11.6 Å².